The van der Waals surface area contributed by atoms with E-state index in [9.17, 15) is 12.8 Å². The fourth-order valence-electron chi connectivity index (χ4n) is 1.79. The maximum atomic E-state index is 13.1. The number of nitrogens with two attached hydrogens (primary N) is 1. The second-order valence-electron chi connectivity index (χ2n) is 4.09. The Hall–Kier alpha value is -1.18. The maximum absolute atomic E-state index is 13.1. The summed E-state index contributed by atoms with van der Waals surface area (Å²) in [6, 6.07) is 3.26. The fourth-order valence-corrected chi connectivity index (χ4v) is 2.46. The normalized spacial score (nSPS) is 20.7. The molecular weight excluding hydrogens is 261 g/mol. The average Bonchev–Trinajstić information content (AvgIpc) is 2.31. The number of benzene rings is 1. The Morgan fingerprint density at radius 2 is 2.22 bits per heavy atom. The third kappa shape index (κ3) is 3.18. The molecule has 0 amide bonds. The first-order valence-corrected chi connectivity index (χ1v) is 7.08. The molecule has 0 saturated carbocycles. The minimum Gasteiger partial charge on any atom is -0.487 e. The van der Waals surface area contributed by atoms with Crippen molar-refractivity contribution < 1.29 is 22.3 Å². The lowest BCUT2D eigenvalue weighted by atomic mass is 10.2. The Bertz CT molecular complexity index is 526. The van der Waals surface area contributed by atoms with Gasteiger partial charge in [0.05, 0.1) is 6.61 Å². The standard InChI is InChI=1S/C11H14FNO4S/c12-8-3-4-10(11(6-8)18(13,14)15)17-9-2-1-5-16-7-9/h3-4,6,9H,1-2,5,7H2,(H2,13,14,15). The number of hydrogen-bond acceptors (Lipinski definition) is 4. The van der Waals surface area contributed by atoms with Crippen molar-refractivity contribution in [2.24, 2.45) is 5.14 Å². The van der Waals surface area contributed by atoms with Crippen LogP contribution in [0.1, 0.15) is 12.8 Å². The Labute approximate surface area is 105 Å². The highest BCUT2D eigenvalue weighted by Crippen LogP contribution is 2.26. The van der Waals surface area contributed by atoms with Crippen molar-refractivity contribution in [3.63, 3.8) is 0 Å². The summed E-state index contributed by atoms with van der Waals surface area (Å²) in [6.07, 6.45) is 1.38. The number of primary sulfonamides is 1. The van der Waals surface area contributed by atoms with Gasteiger partial charge in [-0.3, -0.25) is 0 Å². The molecule has 1 atom stereocenters. The van der Waals surface area contributed by atoms with E-state index in [0.717, 1.165) is 25.0 Å². The van der Waals surface area contributed by atoms with E-state index in [-0.39, 0.29) is 16.7 Å². The zero-order valence-corrected chi connectivity index (χ0v) is 10.5. The molecule has 1 saturated heterocycles. The van der Waals surface area contributed by atoms with E-state index < -0.39 is 15.8 Å². The van der Waals surface area contributed by atoms with E-state index in [1.807, 2.05) is 0 Å². The molecule has 0 bridgehead atoms. The molecule has 1 aliphatic heterocycles. The fraction of sp³-hybridized carbons (Fsp3) is 0.455. The summed E-state index contributed by atoms with van der Waals surface area (Å²) in [5.41, 5.74) is 0. The first-order valence-electron chi connectivity index (χ1n) is 5.53. The molecule has 1 fully saturated rings. The highest BCUT2D eigenvalue weighted by atomic mass is 32.2. The summed E-state index contributed by atoms with van der Waals surface area (Å²) in [6.45, 7) is 1.06. The van der Waals surface area contributed by atoms with Gasteiger partial charge in [-0.15, -0.1) is 0 Å². The number of ether oxygens (including phenoxy) is 2. The lowest BCUT2D eigenvalue weighted by Gasteiger charge is -2.24. The molecule has 0 radical (unpaired) electrons. The van der Waals surface area contributed by atoms with Crippen molar-refractivity contribution in [3.8, 4) is 5.75 Å². The molecule has 1 aromatic carbocycles. The van der Waals surface area contributed by atoms with E-state index in [0.29, 0.717) is 13.2 Å². The molecular formula is C11H14FNO4S. The average molecular weight is 275 g/mol. The van der Waals surface area contributed by atoms with Gasteiger partial charge in [0, 0.05) is 6.61 Å². The van der Waals surface area contributed by atoms with Crippen molar-refractivity contribution in [2.75, 3.05) is 13.2 Å². The zero-order valence-electron chi connectivity index (χ0n) is 9.63. The molecule has 2 rings (SSSR count). The van der Waals surface area contributed by atoms with Gasteiger partial charge in [0.25, 0.3) is 0 Å². The number of sulfonamides is 1. The third-order valence-corrected chi connectivity index (χ3v) is 3.56. The van der Waals surface area contributed by atoms with Crippen molar-refractivity contribution in [1.29, 1.82) is 0 Å². The summed E-state index contributed by atoms with van der Waals surface area (Å²) < 4.78 is 46.5. The highest BCUT2D eigenvalue weighted by Gasteiger charge is 2.21. The van der Waals surface area contributed by atoms with Crippen LogP contribution in [0.5, 0.6) is 5.75 Å². The maximum Gasteiger partial charge on any atom is 0.241 e. The van der Waals surface area contributed by atoms with Gasteiger partial charge in [-0.2, -0.15) is 0 Å². The molecule has 0 aromatic heterocycles. The van der Waals surface area contributed by atoms with Crippen LogP contribution in [0.25, 0.3) is 0 Å². The minimum absolute atomic E-state index is 0.0643. The van der Waals surface area contributed by atoms with Crippen LogP contribution in [-0.4, -0.2) is 27.7 Å². The van der Waals surface area contributed by atoms with Crippen molar-refractivity contribution in [3.05, 3.63) is 24.0 Å². The smallest absolute Gasteiger partial charge is 0.241 e. The molecule has 2 N–H and O–H groups in total. The van der Waals surface area contributed by atoms with Crippen LogP contribution in [0.2, 0.25) is 0 Å². The molecule has 1 aliphatic rings. The Morgan fingerprint density at radius 1 is 1.44 bits per heavy atom. The SMILES string of the molecule is NS(=O)(=O)c1cc(F)ccc1OC1CCCOC1. The van der Waals surface area contributed by atoms with Gasteiger partial charge in [-0.1, -0.05) is 0 Å². The lowest BCUT2D eigenvalue weighted by molar-refractivity contribution is 0.00616. The van der Waals surface area contributed by atoms with E-state index >= 15 is 0 Å². The largest absolute Gasteiger partial charge is 0.487 e. The van der Waals surface area contributed by atoms with E-state index in [2.05, 4.69) is 0 Å². The summed E-state index contributed by atoms with van der Waals surface area (Å²) in [7, 11) is -4.01. The van der Waals surface area contributed by atoms with Gasteiger partial charge < -0.3 is 9.47 Å². The molecule has 1 aromatic rings. The van der Waals surface area contributed by atoms with Gasteiger partial charge in [-0.05, 0) is 31.0 Å². The van der Waals surface area contributed by atoms with Gasteiger partial charge in [0.2, 0.25) is 10.0 Å². The molecule has 0 aliphatic carbocycles. The highest BCUT2D eigenvalue weighted by molar-refractivity contribution is 7.89. The van der Waals surface area contributed by atoms with E-state index in [1.54, 1.807) is 0 Å². The molecule has 1 heterocycles. The molecule has 100 valence electrons. The van der Waals surface area contributed by atoms with Crippen LogP contribution in [0, 0.1) is 5.82 Å². The second-order valence-corrected chi connectivity index (χ2v) is 5.62. The zero-order chi connectivity index (χ0) is 13.2. The first kappa shape index (κ1) is 13.3. The van der Waals surface area contributed by atoms with Gasteiger partial charge in [0.1, 0.15) is 22.6 Å². The van der Waals surface area contributed by atoms with Crippen LogP contribution < -0.4 is 9.88 Å². The lowest BCUT2D eigenvalue weighted by Crippen LogP contribution is -2.29. The number of halogens is 1. The van der Waals surface area contributed by atoms with Gasteiger partial charge in [-0.25, -0.2) is 17.9 Å². The van der Waals surface area contributed by atoms with Crippen molar-refractivity contribution in [2.45, 2.75) is 23.8 Å². The number of rotatable bonds is 3. The summed E-state index contributed by atoms with van der Waals surface area (Å²) in [5.74, 6) is -0.610. The number of hydrogen-bond donors (Lipinski definition) is 1. The molecule has 0 spiro atoms. The predicted octanol–water partition coefficient (Wildman–Crippen LogP) is 1.03. The van der Waals surface area contributed by atoms with Crippen LogP contribution in [0.4, 0.5) is 4.39 Å². The van der Waals surface area contributed by atoms with E-state index in [4.69, 9.17) is 14.6 Å². The quantitative estimate of drug-likeness (QED) is 0.893. The minimum atomic E-state index is -4.01. The predicted molar refractivity (Wildman–Crippen MR) is 62.2 cm³/mol. The summed E-state index contributed by atoms with van der Waals surface area (Å²) in [5, 5.41) is 5.03. The topological polar surface area (TPSA) is 78.6 Å². The Kier molecular flexibility index (Phi) is 3.84. The van der Waals surface area contributed by atoms with Crippen molar-refractivity contribution >= 4 is 10.0 Å². The first-order chi connectivity index (χ1) is 8.47. The van der Waals surface area contributed by atoms with Crippen LogP contribution in [0.15, 0.2) is 23.1 Å². The monoisotopic (exact) mass is 275 g/mol. The molecule has 5 nitrogen and oxygen atoms in total. The van der Waals surface area contributed by atoms with Crippen LogP contribution in [0.3, 0.4) is 0 Å². The second kappa shape index (κ2) is 5.21. The van der Waals surface area contributed by atoms with E-state index in [1.165, 1.54) is 6.07 Å². The van der Waals surface area contributed by atoms with Crippen LogP contribution in [-0.2, 0) is 14.8 Å². The molecule has 18 heavy (non-hydrogen) atoms. The third-order valence-electron chi connectivity index (χ3n) is 2.62. The molecule has 1 unspecified atom stereocenters. The summed E-state index contributed by atoms with van der Waals surface area (Å²) >= 11 is 0. The molecule has 7 heteroatoms. The van der Waals surface area contributed by atoms with Gasteiger partial charge >= 0.3 is 0 Å². The van der Waals surface area contributed by atoms with Crippen molar-refractivity contribution in [1.82, 2.24) is 0 Å². The summed E-state index contributed by atoms with van der Waals surface area (Å²) in [4.78, 5) is -0.340. The Morgan fingerprint density at radius 3 is 2.83 bits per heavy atom. The van der Waals surface area contributed by atoms with Crippen LogP contribution >= 0.6 is 0 Å². The Balaban J connectivity index is 2.26. The van der Waals surface area contributed by atoms with Gasteiger partial charge in [0.15, 0.2) is 0 Å².